The van der Waals surface area contributed by atoms with Gasteiger partial charge in [-0.15, -0.1) is 11.3 Å². The first-order chi connectivity index (χ1) is 11.5. The Morgan fingerprint density at radius 2 is 2.33 bits per heavy atom. The monoisotopic (exact) mass is 348 g/mol. The molecule has 0 radical (unpaired) electrons. The first-order valence-electron chi connectivity index (χ1n) is 8.39. The van der Waals surface area contributed by atoms with Crippen molar-refractivity contribution in [2.75, 3.05) is 18.4 Å². The van der Waals surface area contributed by atoms with Crippen LogP contribution in [0.1, 0.15) is 42.5 Å². The second-order valence-corrected chi connectivity index (χ2v) is 7.51. The van der Waals surface area contributed by atoms with E-state index >= 15 is 0 Å². The van der Waals surface area contributed by atoms with Crippen molar-refractivity contribution < 1.29 is 9.32 Å². The molecule has 1 atom stereocenters. The van der Waals surface area contributed by atoms with Crippen molar-refractivity contribution in [3.8, 4) is 0 Å². The first-order valence-corrected chi connectivity index (χ1v) is 9.27. The number of carbonyl (C=O) groups is 1. The number of hydrogen-bond donors (Lipinski definition) is 1. The van der Waals surface area contributed by atoms with Crippen molar-refractivity contribution in [1.82, 2.24) is 15.0 Å². The molecular formula is C17H24N4O2S. The number of thiazole rings is 1. The van der Waals surface area contributed by atoms with E-state index in [9.17, 15) is 4.79 Å². The summed E-state index contributed by atoms with van der Waals surface area (Å²) in [6.45, 7) is 9.10. The zero-order valence-electron chi connectivity index (χ0n) is 14.5. The lowest BCUT2D eigenvalue weighted by Crippen LogP contribution is -2.33. The Labute approximate surface area is 146 Å². The summed E-state index contributed by atoms with van der Waals surface area (Å²) in [5.41, 5.74) is 2.65. The van der Waals surface area contributed by atoms with Crippen molar-refractivity contribution in [1.29, 1.82) is 0 Å². The maximum absolute atomic E-state index is 12.2. The zero-order chi connectivity index (χ0) is 17.1. The number of amides is 1. The summed E-state index contributed by atoms with van der Waals surface area (Å²) in [5.74, 6) is 1.37. The highest BCUT2D eigenvalue weighted by Crippen LogP contribution is 2.21. The van der Waals surface area contributed by atoms with Crippen LogP contribution in [0.5, 0.6) is 0 Å². The van der Waals surface area contributed by atoms with Gasteiger partial charge in [-0.2, -0.15) is 0 Å². The van der Waals surface area contributed by atoms with E-state index in [1.54, 1.807) is 0 Å². The van der Waals surface area contributed by atoms with Crippen molar-refractivity contribution >= 4 is 22.4 Å². The van der Waals surface area contributed by atoms with Crippen LogP contribution in [-0.4, -0.2) is 34.0 Å². The molecule has 0 unspecified atom stereocenters. The predicted octanol–water partition coefficient (Wildman–Crippen LogP) is 3.16. The van der Waals surface area contributed by atoms with Crippen LogP contribution >= 0.6 is 11.3 Å². The van der Waals surface area contributed by atoms with Gasteiger partial charge in [-0.05, 0) is 39.2 Å². The molecule has 3 rings (SSSR count). The Hall–Kier alpha value is -1.73. The summed E-state index contributed by atoms with van der Waals surface area (Å²) in [5, 5.41) is 9.45. The minimum absolute atomic E-state index is 0.0862. The normalized spacial score (nSPS) is 18.7. The topological polar surface area (TPSA) is 71.3 Å². The third kappa shape index (κ3) is 4.21. The van der Waals surface area contributed by atoms with E-state index in [4.69, 9.17) is 4.52 Å². The molecule has 3 heterocycles. The molecule has 2 aromatic heterocycles. The van der Waals surface area contributed by atoms with Crippen molar-refractivity contribution in [3.63, 3.8) is 0 Å². The summed E-state index contributed by atoms with van der Waals surface area (Å²) in [4.78, 5) is 19.2. The van der Waals surface area contributed by atoms with E-state index in [2.05, 4.69) is 27.3 Å². The van der Waals surface area contributed by atoms with E-state index in [1.165, 1.54) is 24.2 Å². The molecule has 1 N–H and O–H groups in total. The lowest BCUT2D eigenvalue weighted by Gasteiger charge is -2.30. The average molecular weight is 348 g/mol. The molecule has 1 saturated heterocycles. The highest BCUT2D eigenvalue weighted by molar-refractivity contribution is 7.13. The third-order valence-corrected chi connectivity index (χ3v) is 5.25. The number of rotatable bonds is 5. The van der Waals surface area contributed by atoms with Crippen molar-refractivity contribution in [2.45, 2.75) is 46.6 Å². The molecule has 2 aromatic rings. The molecule has 7 heteroatoms. The number of likely N-dealkylation sites (tertiary alicyclic amines) is 1. The van der Waals surface area contributed by atoms with Crippen LogP contribution in [0.15, 0.2) is 9.90 Å². The minimum Gasteiger partial charge on any atom is -0.361 e. The van der Waals surface area contributed by atoms with E-state index in [-0.39, 0.29) is 12.3 Å². The van der Waals surface area contributed by atoms with Crippen LogP contribution in [0, 0.1) is 19.8 Å². The van der Waals surface area contributed by atoms with Crippen LogP contribution in [0.25, 0.3) is 0 Å². The molecule has 0 spiro atoms. The fraction of sp³-hybridized carbons (Fsp3) is 0.588. The quantitative estimate of drug-likeness (QED) is 0.899. The maximum Gasteiger partial charge on any atom is 0.230 e. The van der Waals surface area contributed by atoms with Crippen LogP contribution in [0.3, 0.4) is 0 Å². The number of hydrogen-bond acceptors (Lipinski definition) is 6. The van der Waals surface area contributed by atoms with Gasteiger partial charge in [0.25, 0.3) is 0 Å². The summed E-state index contributed by atoms with van der Waals surface area (Å²) in [7, 11) is 0. The number of carbonyl (C=O) groups excluding carboxylic acids is 1. The first kappa shape index (κ1) is 17.1. The molecule has 1 fully saturated rings. The van der Waals surface area contributed by atoms with Crippen molar-refractivity contribution in [2.24, 2.45) is 5.92 Å². The fourth-order valence-corrected chi connectivity index (χ4v) is 3.89. The molecule has 0 aliphatic carbocycles. The Morgan fingerprint density at radius 1 is 1.50 bits per heavy atom. The molecule has 0 saturated carbocycles. The maximum atomic E-state index is 12.2. The SMILES string of the molecule is Cc1noc(C)c1CC(=O)Nc1nc(CN2CCC[C@H](C)C2)cs1. The summed E-state index contributed by atoms with van der Waals surface area (Å²) >= 11 is 1.48. The Balaban J connectivity index is 1.54. The van der Waals surface area contributed by atoms with Crippen LogP contribution < -0.4 is 5.32 Å². The molecule has 1 aliphatic heterocycles. The van der Waals surface area contributed by atoms with Gasteiger partial charge in [0.05, 0.1) is 17.8 Å². The number of anilines is 1. The number of nitrogens with one attached hydrogen (secondary N) is 1. The minimum atomic E-state index is -0.0862. The number of aromatic nitrogens is 2. The van der Waals surface area contributed by atoms with Gasteiger partial charge in [0, 0.05) is 24.0 Å². The molecular weight excluding hydrogens is 324 g/mol. The number of nitrogens with zero attached hydrogens (tertiary/aromatic N) is 3. The summed E-state index contributed by atoms with van der Waals surface area (Å²) in [6.07, 6.45) is 2.84. The lowest BCUT2D eigenvalue weighted by atomic mass is 10.0. The Kier molecular flexibility index (Phi) is 5.30. The molecule has 24 heavy (non-hydrogen) atoms. The molecule has 1 amide bonds. The van der Waals surface area contributed by atoms with E-state index < -0.39 is 0 Å². The van der Waals surface area contributed by atoms with E-state index in [0.29, 0.717) is 10.9 Å². The highest BCUT2D eigenvalue weighted by Gasteiger charge is 2.18. The number of piperidine rings is 1. The molecule has 0 bridgehead atoms. The molecule has 130 valence electrons. The van der Waals surface area contributed by atoms with Gasteiger partial charge in [-0.3, -0.25) is 9.69 Å². The molecule has 6 nitrogen and oxygen atoms in total. The van der Waals surface area contributed by atoms with Gasteiger partial charge in [0.1, 0.15) is 5.76 Å². The van der Waals surface area contributed by atoms with Gasteiger partial charge >= 0.3 is 0 Å². The second kappa shape index (κ2) is 7.44. The lowest BCUT2D eigenvalue weighted by molar-refractivity contribution is -0.115. The van der Waals surface area contributed by atoms with Crippen molar-refractivity contribution in [3.05, 3.63) is 28.1 Å². The molecule has 0 aromatic carbocycles. The van der Waals surface area contributed by atoms with Crippen LogP contribution in [0.2, 0.25) is 0 Å². The predicted molar refractivity (Wildman–Crippen MR) is 94.1 cm³/mol. The van der Waals surface area contributed by atoms with Gasteiger partial charge in [0.2, 0.25) is 5.91 Å². The van der Waals surface area contributed by atoms with E-state index in [0.717, 1.165) is 42.5 Å². The van der Waals surface area contributed by atoms with Gasteiger partial charge in [-0.25, -0.2) is 4.98 Å². The Morgan fingerprint density at radius 3 is 3.04 bits per heavy atom. The van der Waals surface area contributed by atoms with Crippen LogP contribution in [-0.2, 0) is 17.8 Å². The van der Waals surface area contributed by atoms with Gasteiger partial charge in [0.15, 0.2) is 5.13 Å². The Bertz CT molecular complexity index is 690. The second-order valence-electron chi connectivity index (χ2n) is 6.65. The third-order valence-electron chi connectivity index (χ3n) is 4.44. The highest BCUT2D eigenvalue weighted by atomic mass is 32.1. The number of aryl methyl sites for hydroxylation is 2. The standard InChI is InChI=1S/C17H24N4O2S/c1-11-5-4-6-21(8-11)9-14-10-24-17(18-14)19-16(22)7-15-12(2)20-23-13(15)3/h10-11H,4-9H2,1-3H3,(H,18,19,22)/t11-/m0/s1. The van der Waals surface area contributed by atoms with Gasteiger partial charge in [-0.1, -0.05) is 12.1 Å². The largest absolute Gasteiger partial charge is 0.361 e. The zero-order valence-corrected chi connectivity index (χ0v) is 15.3. The summed E-state index contributed by atoms with van der Waals surface area (Å²) in [6, 6.07) is 0. The smallest absolute Gasteiger partial charge is 0.230 e. The van der Waals surface area contributed by atoms with E-state index in [1.807, 2.05) is 19.2 Å². The van der Waals surface area contributed by atoms with Gasteiger partial charge < -0.3 is 9.84 Å². The van der Waals surface area contributed by atoms with Crippen LogP contribution in [0.4, 0.5) is 5.13 Å². The average Bonchev–Trinajstić information content (AvgIpc) is 3.08. The summed E-state index contributed by atoms with van der Waals surface area (Å²) < 4.78 is 5.10. The molecule has 1 aliphatic rings. The fourth-order valence-electron chi connectivity index (χ4n) is 3.17.